The van der Waals surface area contributed by atoms with E-state index in [0.717, 1.165) is 38.0 Å². The van der Waals surface area contributed by atoms with Crippen LogP contribution >= 0.6 is 11.6 Å². The van der Waals surface area contributed by atoms with Gasteiger partial charge < -0.3 is 5.32 Å². The van der Waals surface area contributed by atoms with E-state index in [1.54, 1.807) is 12.1 Å². The van der Waals surface area contributed by atoms with Crippen LogP contribution in [0.5, 0.6) is 0 Å². The number of nitrogens with one attached hydrogen (secondary N) is 1. The first-order chi connectivity index (χ1) is 11.6. The van der Waals surface area contributed by atoms with E-state index in [1.807, 2.05) is 12.1 Å². The molecule has 1 aliphatic rings. The molecule has 1 amide bonds. The number of carbonyl (C=O) groups excluding carboxylic acids is 1. The molecule has 0 atom stereocenters. The topological polar surface area (TPSA) is 45.2 Å². The number of amides is 1. The van der Waals surface area contributed by atoms with Gasteiger partial charge in [-0.1, -0.05) is 23.7 Å². The second-order valence-corrected chi connectivity index (χ2v) is 6.40. The van der Waals surface area contributed by atoms with Crippen LogP contribution in [0.2, 0.25) is 5.15 Å². The number of carbonyl (C=O) groups is 1. The van der Waals surface area contributed by atoms with Crippen LogP contribution in [0.15, 0.2) is 42.6 Å². The van der Waals surface area contributed by atoms with Gasteiger partial charge in [0.2, 0.25) is 0 Å². The van der Waals surface area contributed by atoms with Gasteiger partial charge in [0, 0.05) is 37.4 Å². The largest absolute Gasteiger partial charge is 0.349 e. The number of benzene rings is 1. The summed E-state index contributed by atoms with van der Waals surface area (Å²) < 4.78 is 12.9. The molecular weight excluding hydrogens is 329 g/mol. The zero-order valence-corrected chi connectivity index (χ0v) is 14.0. The molecule has 126 valence electrons. The van der Waals surface area contributed by atoms with Crippen LogP contribution in [0, 0.1) is 5.82 Å². The predicted octanol–water partition coefficient (Wildman–Crippen LogP) is 3.27. The Morgan fingerprint density at radius 2 is 1.96 bits per heavy atom. The number of halogens is 2. The van der Waals surface area contributed by atoms with E-state index in [0.29, 0.717) is 10.7 Å². The van der Waals surface area contributed by atoms with Crippen molar-refractivity contribution in [1.82, 2.24) is 15.2 Å². The molecule has 1 aromatic carbocycles. The van der Waals surface area contributed by atoms with E-state index in [9.17, 15) is 9.18 Å². The molecule has 0 saturated carbocycles. The highest BCUT2D eigenvalue weighted by atomic mass is 35.5. The summed E-state index contributed by atoms with van der Waals surface area (Å²) in [5, 5.41) is 3.37. The minimum atomic E-state index is -0.212. The van der Waals surface area contributed by atoms with Gasteiger partial charge in [-0.3, -0.25) is 9.69 Å². The molecule has 1 N–H and O–H groups in total. The zero-order valence-electron chi connectivity index (χ0n) is 13.2. The molecule has 3 rings (SSSR count). The van der Waals surface area contributed by atoms with Crippen LogP contribution in [-0.4, -0.2) is 34.9 Å². The van der Waals surface area contributed by atoms with Crippen molar-refractivity contribution >= 4 is 17.5 Å². The lowest BCUT2D eigenvalue weighted by Crippen LogP contribution is -2.44. The lowest BCUT2D eigenvalue weighted by Gasteiger charge is -2.32. The number of rotatable bonds is 4. The summed E-state index contributed by atoms with van der Waals surface area (Å²) in [6.45, 7) is 2.61. The van der Waals surface area contributed by atoms with Crippen molar-refractivity contribution in [2.45, 2.75) is 25.4 Å². The van der Waals surface area contributed by atoms with Crippen molar-refractivity contribution in [3.63, 3.8) is 0 Å². The number of pyridine rings is 1. The Morgan fingerprint density at radius 1 is 1.25 bits per heavy atom. The molecule has 1 aliphatic heterocycles. The molecule has 0 spiro atoms. The van der Waals surface area contributed by atoms with Crippen LogP contribution in [0.1, 0.15) is 28.8 Å². The summed E-state index contributed by atoms with van der Waals surface area (Å²) in [6, 6.07) is 10.00. The number of hydrogen-bond acceptors (Lipinski definition) is 3. The molecule has 6 heteroatoms. The summed E-state index contributed by atoms with van der Waals surface area (Å²) >= 11 is 5.82. The lowest BCUT2D eigenvalue weighted by molar-refractivity contribution is 0.0909. The molecule has 1 fully saturated rings. The van der Waals surface area contributed by atoms with Gasteiger partial charge in [0.1, 0.15) is 11.0 Å². The van der Waals surface area contributed by atoms with Gasteiger partial charge in [0.05, 0.1) is 0 Å². The summed E-state index contributed by atoms with van der Waals surface area (Å²) in [5.74, 6) is -0.326. The van der Waals surface area contributed by atoms with Gasteiger partial charge in [-0.05, 0) is 42.7 Å². The van der Waals surface area contributed by atoms with Gasteiger partial charge in [0.25, 0.3) is 5.91 Å². The second kappa shape index (κ2) is 7.73. The first kappa shape index (κ1) is 16.9. The van der Waals surface area contributed by atoms with E-state index in [1.165, 1.54) is 18.3 Å². The Hall–Kier alpha value is -1.98. The molecule has 0 radical (unpaired) electrons. The number of piperidine rings is 1. The van der Waals surface area contributed by atoms with Crippen molar-refractivity contribution in [1.29, 1.82) is 0 Å². The Labute approximate surface area is 145 Å². The van der Waals surface area contributed by atoms with Crippen molar-refractivity contribution in [2.75, 3.05) is 13.1 Å². The average molecular weight is 348 g/mol. The maximum Gasteiger partial charge on any atom is 0.251 e. The second-order valence-electron chi connectivity index (χ2n) is 6.02. The molecule has 2 aromatic rings. The van der Waals surface area contributed by atoms with Gasteiger partial charge in [-0.2, -0.15) is 0 Å². The fourth-order valence-corrected chi connectivity index (χ4v) is 3.07. The summed E-state index contributed by atoms with van der Waals surface area (Å²) in [7, 11) is 0. The third-order valence-electron chi connectivity index (χ3n) is 4.23. The van der Waals surface area contributed by atoms with Gasteiger partial charge in [-0.15, -0.1) is 0 Å². The fourth-order valence-electron chi connectivity index (χ4n) is 2.90. The molecular formula is C18H19ClFN3O. The number of aromatic nitrogens is 1. The highest BCUT2D eigenvalue weighted by molar-refractivity contribution is 6.29. The molecule has 2 heterocycles. The third-order valence-corrected chi connectivity index (χ3v) is 4.44. The number of hydrogen-bond donors (Lipinski definition) is 1. The van der Waals surface area contributed by atoms with Crippen molar-refractivity contribution < 1.29 is 9.18 Å². The summed E-state index contributed by atoms with van der Waals surface area (Å²) in [6.07, 6.45) is 3.32. The predicted molar refractivity (Wildman–Crippen MR) is 91.4 cm³/mol. The first-order valence-electron chi connectivity index (χ1n) is 7.99. The molecule has 0 aliphatic carbocycles. The normalized spacial score (nSPS) is 16.1. The molecule has 24 heavy (non-hydrogen) atoms. The highest BCUT2D eigenvalue weighted by Gasteiger charge is 2.21. The third kappa shape index (κ3) is 4.52. The van der Waals surface area contributed by atoms with Crippen molar-refractivity contribution in [2.24, 2.45) is 0 Å². The summed E-state index contributed by atoms with van der Waals surface area (Å²) in [4.78, 5) is 18.4. The Bertz CT molecular complexity index is 700. The molecule has 1 aromatic heterocycles. The first-order valence-corrected chi connectivity index (χ1v) is 8.37. The average Bonchev–Trinajstić information content (AvgIpc) is 2.59. The standard InChI is InChI=1S/C18H19ClFN3O/c19-17-11-14(5-8-21-17)18(24)22-16-6-9-23(10-7-16)12-13-1-3-15(20)4-2-13/h1-5,8,11,16H,6-7,9-10,12H2,(H,22,24). The minimum Gasteiger partial charge on any atom is -0.349 e. The van der Waals surface area contributed by atoms with Crippen LogP contribution in [-0.2, 0) is 6.54 Å². The molecule has 4 nitrogen and oxygen atoms in total. The van der Waals surface area contributed by atoms with Gasteiger partial charge >= 0.3 is 0 Å². The maximum absolute atomic E-state index is 12.9. The summed E-state index contributed by atoms with van der Waals surface area (Å²) in [5.41, 5.74) is 1.63. The number of nitrogens with zero attached hydrogens (tertiary/aromatic N) is 2. The highest BCUT2D eigenvalue weighted by Crippen LogP contribution is 2.15. The van der Waals surface area contributed by atoms with E-state index >= 15 is 0 Å². The maximum atomic E-state index is 12.9. The van der Waals surface area contributed by atoms with Crippen LogP contribution < -0.4 is 5.32 Å². The van der Waals surface area contributed by atoms with E-state index in [2.05, 4.69) is 15.2 Å². The van der Waals surface area contributed by atoms with E-state index < -0.39 is 0 Å². The number of likely N-dealkylation sites (tertiary alicyclic amines) is 1. The Morgan fingerprint density at radius 3 is 2.62 bits per heavy atom. The molecule has 1 saturated heterocycles. The quantitative estimate of drug-likeness (QED) is 0.863. The zero-order chi connectivity index (χ0) is 16.9. The fraction of sp³-hybridized carbons (Fsp3) is 0.333. The Balaban J connectivity index is 1.48. The Kier molecular flexibility index (Phi) is 5.43. The lowest BCUT2D eigenvalue weighted by atomic mass is 10.0. The minimum absolute atomic E-state index is 0.115. The van der Waals surface area contributed by atoms with Crippen LogP contribution in [0.3, 0.4) is 0 Å². The van der Waals surface area contributed by atoms with Crippen molar-refractivity contribution in [3.8, 4) is 0 Å². The van der Waals surface area contributed by atoms with Crippen LogP contribution in [0.4, 0.5) is 4.39 Å². The van der Waals surface area contributed by atoms with Crippen molar-refractivity contribution in [3.05, 3.63) is 64.7 Å². The van der Waals surface area contributed by atoms with Crippen LogP contribution in [0.25, 0.3) is 0 Å². The molecule has 0 bridgehead atoms. The van der Waals surface area contributed by atoms with E-state index in [-0.39, 0.29) is 17.8 Å². The smallest absolute Gasteiger partial charge is 0.251 e. The van der Waals surface area contributed by atoms with E-state index in [4.69, 9.17) is 11.6 Å². The van der Waals surface area contributed by atoms with Gasteiger partial charge in [-0.25, -0.2) is 9.37 Å². The SMILES string of the molecule is O=C(NC1CCN(Cc2ccc(F)cc2)CC1)c1ccnc(Cl)c1. The monoisotopic (exact) mass is 347 g/mol. The van der Waals surface area contributed by atoms with Gasteiger partial charge in [0.15, 0.2) is 0 Å². The molecule has 0 unspecified atom stereocenters.